The number of benzene rings is 2. The van der Waals surface area contributed by atoms with Gasteiger partial charge in [0, 0.05) is 22.3 Å². The van der Waals surface area contributed by atoms with Crippen LogP contribution in [0.5, 0.6) is 11.5 Å². The summed E-state index contributed by atoms with van der Waals surface area (Å²) in [6.07, 6.45) is 1.60. The molecule has 0 bridgehead atoms. The first-order chi connectivity index (χ1) is 17.5. The fraction of sp³-hybridized carbons (Fsp3) is 0.154. The number of aromatic nitrogens is 3. The van der Waals surface area contributed by atoms with Crippen LogP contribution in [0, 0.1) is 0 Å². The van der Waals surface area contributed by atoms with E-state index in [4.69, 9.17) is 9.47 Å². The van der Waals surface area contributed by atoms with Crippen LogP contribution >= 0.6 is 11.3 Å². The van der Waals surface area contributed by atoms with Gasteiger partial charge in [-0.05, 0) is 30.3 Å². The number of rotatable bonds is 7. The Balaban J connectivity index is 1.61. The SMILES string of the molecule is COc1ccc(NC(=O)Cn2c(=O)n(Cc3ccccn3)c(=O)c3sc4ccccc4c32)c(OC)c1. The molecule has 0 saturated heterocycles. The minimum atomic E-state index is -0.585. The van der Waals surface area contributed by atoms with Crippen LogP contribution in [0.1, 0.15) is 5.69 Å². The van der Waals surface area contributed by atoms with E-state index in [-0.39, 0.29) is 13.1 Å². The molecule has 0 aliphatic heterocycles. The first-order valence-corrected chi connectivity index (χ1v) is 11.9. The summed E-state index contributed by atoms with van der Waals surface area (Å²) in [6.45, 7) is -0.301. The second-order valence-electron chi connectivity index (χ2n) is 7.97. The summed E-state index contributed by atoms with van der Waals surface area (Å²) in [4.78, 5) is 44.4. The number of fused-ring (bicyclic) bond motifs is 3. The lowest BCUT2D eigenvalue weighted by atomic mass is 10.2. The Hall–Kier alpha value is -4.44. The zero-order chi connectivity index (χ0) is 25.2. The molecular formula is C26H22N4O5S. The maximum atomic E-state index is 13.6. The molecular weight excluding hydrogens is 480 g/mol. The number of pyridine rings is 1. The second-order valence-corrected chi connectivity index (χ2v) is 9.02. The van der Waals surface area contributed by atoms with E-state index in [0.717, 1.165) is 14.7 Å². The van der Waals surface area contributed by atoms with Crippen molar-refractivity contribution in [3.63, 3.8) is 0 Å². The van der Waals surface area contributed by atoms with E-state index in [9.17, 15) is 14.4 Å². The van der Waals surface area contributed by atoms with E-state index < -0.39 is 17.2 Å². The highest BCUT2D eigenvalue weighted by atomic mass is 32.1. The van der Waals surface area contributed by atoms with E-state index in [1.807, 2.05) is 24.3 Å². The standard InChI is InChI=1S/C26H22N4O5S/c1-34-17-10-11-19(20(13-17)35-2)28-22(31)15-29-23-18-8-3-4-9-21(18)36-24(23)25(32)30(26(29)33)14-16-7-5-6-12-27-16/h3-13H,14-15H2,1-2H3,(H,28,31). The lowest BCUT2D eigenvalue weighted by Crippen LogP contribution is -2.41. The lowest BCUT2D eigenvalue weighted by molar-refractivity contribution is -0.116. The molecule has 3 heterocycles. The molecule has 0 spiro atoms. The predicted molar refractivity (Wildman–Crippen MR) is 139 cm³/mol. The zero-order valence-electron chi connectivity index (χ0n) is 19.6. The van der Waals surface area contributed by atoms with Gasteiger partial charge in [-0.1, -0.05) is 24.3 Å². The van der Waals surface area contributed by atoms with Crippen molar-refractivity contribution in [1.82, 2.24) is 14.1 Å². The maximum absolute atomic E-state index is 13.6. The summed E-state index contributed by atoms with van der Waals surface area (Å²) in [5.74, 6) is 0.551. The maximum Gasteiger partial charge on any atom is 0.332 e. The first-order valence-electron chi connectivity index (χ1n) is 11.1. The second kappa shape index (κ2) is 9.67. The van der Waals surface area contributed by atoms with Crippen LogP contribution < -0.4 is 26.0 Å². The van der Waals surface area contributed by atoms with Crippen LogP contribution in [0.25, 0.3) is 20.3 Å². The monoisotopic (exact) mass is 502 g/mol. The van der Waals surface area contributed by atoms with Gasteiger partial charge in [0.05, 0.1) is 37.7 Å². The Kier molecular flexibility index (Phi) is 6.26. The number of hydrogen-bond acceptors (Lipinski definition) is 7. The summed E-state index contributed by atoms with van der Waals surface area (Å²) in [7, 11) is 3.03. The van der Waals surface area contributed by atoms with Gasteiger partial charge < -0.3 is 14.8 Å². The van der Waals surface area contributed by atoms with E-state index in [1.54, 1.807) is 42.6 Å². The number of carbonyl (C=O) groups is 1. The molecule has 0 fully saturated rings. The number of anilines is 1. The molecule has 5 rings (SSSR count). The highest BCUT2D eigenvalue weighted by molar-refractivity contribution is 7.25. The molecule has 0 unspecified atom stereocenters. The van der Waals surface area contributed by atoms with Crippen LogP contribution in [-0.4, -0.2) is 34.2 Å². The largest absolute Gasteiger partial charge is 0.497 e. The molecule has 36 heavy (non-hydrogen) atoms. The summed E-state index contributed by atoms with van der Waals surface area (Å²) in [6, 6.07) is 17.7. The average molecular weight is 503 g/mol. The van der Waals surface area contributed by atoms with Gasteiger partial charge in [-0.2, -0.15) is 0 Å². The van der Waals surface area contributed by atoms with Crippen LogP contribution in [0.4, 0.5) is 5.69 Å². The Morgan fingerprint density at radius 3 is 2.56 bits per heavy atom. The van der Waals surface area contributed by atoms with Crippen molar-refractivity contribution < 1.29 is 14.3 Å². The van der Waals surface area contributed by atoms with Crippen molar-refractivity contribution in [2.45, 2.75) is 13.1 Å². The van der Waals surface area contributed by atoms with Crippen LogP contribution in [0.3, 0.4) is 0 Å². The number of amides is 1. The highest BCUT2D eigenvalue weighted by Gasteiger charge is 2.21. The minimum Gasteiger partial charge on any atom is -0.497 e. The molecule has 9 nitrogen and oxygen atoms in total. The van der Waals surface area contributed by atoms with E-state index >= 15 is 0 Å². The molecule has 5 aromatic rings. The van der Waals surface area contributed by atoms with E-state index in [0.29, 0.717) is 33.1 Å². The van der Waals surface area contributed by atoms with Crippen molar-refractivity contribution in [2.24, 2.45) is 0 Å². The Morgan fingerprint density at radius 1 is 1.00 bits per heavy atom. The van der Waals surface area contributed by atoms with Gasteiger partial charge in [0.1, 0.15) is 22.7 Å². The van der Waals surface area contributed by atoms with Crippen molar-refractivity contribution in [2.75, 3.05) is 19.5 Å². The van der Waals surface area contributed by atoms with Crippen LogP contribution in [-0.2, 0) is 17.9 Å². The summed E-state index contributed by atoms with van der Waals surface area (Å²) >= 11 is 1.30. The third-order valence-electron chi connectivity index (χ3n) is 5.77. The molecule has 2 aromatic carbocycles. The molecule has 10 heteroatoms. The van der Waals surface area contributed by atoms with Gasteiger partial charge in [-0.3, -0.25) is 23.7 Å². The van der Waals surface area contributed by atoms with Crippen molar-refractivity contribution in [3.8, 4) is 11.5 Å². The summed E-state index contributed by atoms with van der Waals surface area (Å²) in [5, 5.41) is 3.54. The Morgan fingerprint density at radius 2 is 1.81 bits per heavy atom. The van der Waals surface area contributed by atoms with E-state index in [2.05, 4.69) is 10.3 Å². The number of thiophene rings is 1. The molecule has 3 aromatic heterocycles. The molecule has 0 saturated carbocycles. The van der Waals surface area contributed by atoms with Gasteiger partial charge in [0.2, 0.25) is 5.91 Å². The number of methoxy groups -OCH3 is 2. The fourth-order valence-corrected chi connectivity index (χ4v) is 5.23. The highest BCUT2D eigenvalue weighted by Crippen LogP contribution is 2.31. The number of ether oxygens (including phenoxy) is 2. The first kappa shape index (κ1) is 23.3. The molecule has 0 aliphatic carbocycles. The molecule has 1 N–H and O–H groups in total. The van der Waals surface area contributed by atoms with Gasteiger partial charge in [-0.25, -0.2) is 4.79 Å². The van der Waals surface area contributed by atoms with Gasteiger partial charge >= 0.3 is 5.69 Å². The lowest BCUT2D eigenvalue weighted by Gasteiger charge is -2.14. The minimum absolute atomic E-state index is 0.00336. The van der Waals surface area contributed by atoms with E-state index in [1.165, 1.54) is 30.1 Å². The summed E-state index contributed by atoms with van der Waals surface area (Å²) < 4.78 is 14.3. The third-order valence-corrected chi connectivity index (χ3v) is 6.92. The molecule has 182 valence electrons. The predicted octanol–water partition coefficient (Wildman–Crippen LogP) is 3.48. The number of nitrogens with one attached hydrogen (secondary N) is 1. The molecule has 1 amide bonds. The Labute approximate surface area is 209 Å². The van der Waals surface area contributed by atoms with Crippen molar-refractivity contribution in [3.05, 3.63) is 93.4 Å². The van der Waals surface area contributed by atoms with Gasteiger partial charge in [0.25, 0.3) is 5.56 Å². The van der Waals surface area contributed by atoms with Gasteiger partial charge in [-0.15, -0.1) is 11.3 Å². The number of nitrogens with zero attached hydrogens (tertiary/aromatic N) is 3. The van der Waals surface area contributed by atoms with Gasteiger partial charge in [0.15, 0.2) is 0 Å². The zero-order valence-corrected chi connectivity index (χ0v) is 20.4. The van der Waals surface area contributed by atoms with Crippen molar-refractivity contribution >= 4 is 43.2 Å². The third kappa shape index (κ3) is 4.22. The smallest absolute Gasteiger partial charge is 0.332 e. The summed E-state index contributed by atoms with van der Waals surface area (Å²) in [5.41, 5.74) is 0.453. The van der Waals surface area contributed by atoms with Crippen molar-refractivity contribution in [1.29, 1.82) is 0 Å². The number of carbonyl (C=O) groups excluding carboxylic acids is 1. The molecule has 0 atom stereocenters. The molecule has 0 aliphatic rings. The quantitative estimate of drug-likeness (QED) is 0.365. The molecule has 0 radical (unpaired) electrons. The number of hydrogen-bond donors (Lipinski definition) is 1. The van der Waals surface area contributed by atoms with Crippen LogP contribution in [0.15, 0.2) is 76.4 Å². The Bertz CT molecular complexity index is 1710. The topological polar surface area (TPSA) is 104 Å². The normalized spacial score (nSPS) is 11.1. The fourth-order valence-electron chi connectivity index (χ4n) is 4.07. The average Bonchev–Trinajstić information content (AvgIpc) is 3.29. The van der Waals surface area contributed by atoms with Crippen LogP contribution in [0.2, 0.25) is 0 Å².